The number of benzene rings is 2. The minimum Gasteiger partial charge on any atom is -0.475 e. The molecule has 0 unspecified atom stereocenters. The molecule has 162 valence electrons. The second-order valence-electron chi connectivity index (χ2n) is 6.34. The van der Waals surface area contributed by atoms with Crippen LogP contribution >= 0.6 is 0 Å². The molecule has 1 aromatic heterocycles. The highest BCUT2D eigenvalue weighted by Crippen LogP contribution is 2.33. The van der Waals surface area contributed by atoms with Crippen LogP contribution in [0.2, 0.25) is 0 Å². The molecule has 2 aromatic carbocycles. The topological polar surface area (TPSA) is 79.1 Å². The van der Waals surface area contributed by atoms with Crippen LogP contribution in [0, 0.1) is 17.5 Å². The van der Waals surface area contributed by atoms with Crippen molar-refractivity contribution in [2.75, 3.05) is 6.54 Å². The first-order chi connectivity index (χ1) is 14.0. The number of unbranched alkanes of at least 4 members (excludes halogenated alkanes) is 1. The lowest BCUT2D eigenvalue weighted by Gasteiger charge is -2.05. The summed E-state index contributed by atoms with van der Waals surface area (Å²) < 4.78 is 72.5. The highest BCUT2D eigenvalue weighted by atomic mass is 19.4. The molecule has 4 nitrogen and oxygen atoms in total. The molecule has 0 aliphatic rings. The van der Waals surface area contributed by atoms with E-state index in [0.717, 1.165) is 30.0 Å². The van der Waals surface area contributed by atoms with Crippen LogP contribution in [0.3, 0.4) is 0 Å². The number of H-pyrrole nitrogens is 1. The summed E-state index contributed by atoms with van der Waals surface area (Å²) in [5.41, 5.74) is 8.07. The van der Waals surface area contributed by atoms with E-state index in [1.807, 2.05) is 0 Å². The maximum atomic E-state index is 14.1. The van der Waals surface area contributed by atoms with Crippen molar-refractivity contribution >= 4 is 16.9 Å². The molecule has 0 spiro atoms. The number of carboxylic acids is 1. The highest BCUT2D eigenvalue weighted by Gasteiger charge is 2.38. The molecule has 0 aliphatic carbocycles. The molecule has 0 radical (unpaired) electrons. The van der Waals surface area contributed by atoms with Crippen LogP contribution in [0.1, 0.15) is 18.4 Å². The smallest absolute Gasteiger partial charge is 0.475 e. The Morgan fingerprint density at radius 3 is 2.13 bits per heavy atom. The van der Waals surface area contributed by atoms with E-state index in [1.54, 1.807) is 12.1 Å². The number of rotatable bonds is 5. The first-order valence-electron chi connectivity index (χ1n) is 8.80. The van der Waals surface area contributed by atoms with E-state index in [-0.39, 0.29) is 11.3 Å². The molecule has 0 saturated carbocycles. The quantitative estimate of drug-likeness (QED) is 0.385. The molecule has 30 heavy (non-hydrogen) atoms. The number of hydrogen-bond donors (Lipinski definition) is 3. The van der Waals surface area contributed by atoms with Crippen LogP contribution in [0.5, 0.6) is 0 Å². The SMILES string of the molecule is NCCCCc1c(-c2ccc(F)cc2)[nH]c2c(F)cc(F)cc12.O=C(O)C(F)(F)F. The fraction of sp³-hybridized carbons (Fsp3) is 0.250. The Kier molecular flexibility index (Phi) is 7.49. The monoisotopic (exact) mass is 432 g/mol. The van der Waals surface area contributed by atoms with Gasteiger partial charge in [-0.3, -0.25) is 0 Å². The van der Waals surface area contributed by atoms with Crippen LogP contribution in [0.25, 0.3) is 22.2 Å². The van der Waals surface area contributed by atoms with Gasteiger partial charge in [-0.15, -0.1) is 0 Å². The van der Waals surface area contributed by atoms with Gasteiger partial charge < -0.3 is 15.8 Å². The van der Waals surface area contributed by atoms with Crippen LogP contribution in [-0.4, -0.2) is 28.8 Å². The van der Waals surface area contributed by atoms with Crippen LogP contribution in [0.15, 0.2) is 36.4 Å². The van der Waals surface area contributed by atoms with Crippen LogP contribution < -0.4 is 5.73 Å². The lowest BCUT2D eigenvalue weighted by molar-refractivity contribution is -0.192. The van der Waals surface area contributed by atoms with Crippen molar-refractivity contribution in [1.82, 2.24) is 4.98 Å². The Morgan fingerprint density at radius 2 is 1.60 bits per heavy atom. The number of aromatic amines is 1. The summed E-state index contributed by atoms with van der Waals surface area (Å²) in [6.45, 7) is 0.566. The maximum Gasteiger partial charge on any atom is 0.490 e. The number of carboxylic acid groups (broad SMARTS) is 1. The molecular weight excluding hydrogens is 414 g/mol. The summed E-state index contributed by atoms with van der Waals surface area (Å²) in [6.07, 6.45) is -2.80. The van der Waals surface area contributed by atoms with Crippen molar-refractivity contribution in [3.63, 3.8) is 0 Å². The molecule has 4 N–H and O–H groups in total. The lowest BCUT2D eigenvalue weighted by Crippen LogP contribution is -2.21. The Hall–Kier alpha value is -3.01. The number of nitrogens with two attached hydrogens (primary N) is 1. The van der Waals surface area contributed by atoms with Crippen LogP contribution in [0.4, 0.5) is 26.3 Å². The van der Waals surface area contributed by atoms with E-state index in [2.05, 4.69) is 4.98 Å². The Morgan fingerprint density at radius 1 is 1.00 bits per heavy atom. The average Bonchev–Trinajstić information content (AvgIpc) is 3.01. The standard InChI is InChI=1S/C18H17F3N2.C2HF3O2/c19-12-6-4-11(5-7-12)17-14(3-1-2-8-22)15-9-13(20)10-16(21)18(15)23-17;3-2(4,5)1(6)7/h4-7,9-10,23H,1-3,8,22H2;(H,6,7). The van der Waals surface area contributed by atoms with Crippen molar-refractivity contribution in [3.8, 4) is 11.3 Å². The summed E-state index contributed by atoms with van der Waals surface area (Å²) >= 11 is 0. The number of hydrogen-bond acceptors (Lipinski definition) is 2. The van der Waals surface area contributed by atoms with Crippen molar-refractivity contribution in [1.29, 1.82) is 0 Å². The number of fused-ring (bicyclic) bond motifs is 1. The summed E-state index contributed by atoms with van der Waals surface area (Å²) in [5, 5.41) is 7.65. The van der Waals surface area contributed by atoms with E-state index in [0.29, 0.717) is 24.0 Å². The molecule has 0 saturated heterocycles. The molecule has 3 aromatic rings. The number of alkyl halides is 3. The van der Waals surface area contributed by atoms with Gasteiger partial charge in [-0.05, 0) is 67.3 Å². The predicted molar refractivity (Wildman–Crippen MR) is 99.3 cm³/mol. The number of aryl methyl sites for hydroxylation is 1. The lowest BCUT2D eigenvalue weighted by atomic mass is 10.00. The van der Waals surface area contributed by atoms with E-state index in [9.17, 15) is 26.3 Å². The van der Waals surface area contributed by atoms with Gasteiger partial charge in [-0.25, -0.2) is 18.0 Å². The van der Waals surface area contributed by atoms with Gasteiger partial charge in [0.05, 0.1) is 5.52 Å². The first-order valence-corrected chi connectivity index (χ1v) is 8.80. The third kappa shape index (κ3) is 5.76. The Balaban J connectivity index is 0.000000396. The molecule has 3 rings (SSSR count). The summed E-state index contributed by atoms with van der Waals surface area (Å²) in [6, 6.07) is 8.14. The van der Waals surface area contributed by atoms with Crippen molar-refractivity contribution in [3.05, 3.63) is 59.4 Å². The number of aliphatic carboxylic acids is 1. The van der Waals surface area contributed by atoms with Gasteiger partial charge >= 0.3 is 12.1 Å². The molecule has 0 amide bonds. The zero-order chi connectivity index (χ0) is 22.5. The van der Waals surface area contributed by atoms with E-state index in [1.165, 1.54) is 18.2 Å². The zero-order valence-electron chi connectivity index (χ0n) is 15.5. The minimum absolute atomic E-state index is 0.272. The molecular formula is C20H18F6N2O2. The number of carbonyl (C=O) groups is 1. The summed E-state index contributed by atoms with van der Waals surface area (Å²) in [7, 11) is 0. The highest BCUT2D eigenvalue weighted by molar-refractivity contribution is 5.91. The first kappa shape index (κ1) is 23.3. The van der Waals surface area contributed by atoms with Gasteiger partial charge in [-0.2, -0.15) is 13.2 Å². The van der Waals surface area contributed by atoms with Gasteiger partial charge in [0.15, 0.2) is 0 Å². The van der Waals surface area contributed by atoms with E-state index < -0.39 is 23.8 Å². The number of halogens is 6. The minimum atomic E-state index is -5.08. The molecule has 10 heteroatoms. The second-order valence-corrected chi connectivity index (χ2v) is 6.34. The van der Waals surface area contributed by atoms with E-state index in [4.69, 9.17) is 15.6 Å². The van der Waals surface area contributed by atoms with Crippen molar-refractivity contribution in [2.24, 2.45) is 5.73 Å². The molecule has 0 aliphatic heterocycles. The number of nitrogens with one attached hydrogen (secondary N) is 1. The second kappa shape index (κ2) is 9.66. The van der Waals surface area contributed by atoms with E-state index >= 15 is 0 Å². The van der Waals surface area contributed by atoms with Gasteiger partial charge in [-0.1, -0.05) is 0 Å². The zero-order valence-corrected chi connectivity index (χ0v) is 15.5. The summed E-state index contributed by atoms with van der Waals surface area (Å²) in [5.74, 6) is -4.34. The van der Waals surface area contributed by atoms with Gasteiger partial charge in [0.25, 0.3) is 0 Å². The molecule has 1 heterocycles. The van der Waals surface area contributed by atoms with Gasteiger partial charge in [0.2, 0.25) is 0 Å². The largest absolute Gasteiger partial charge is 0.490 e. The third-order valence-corrected chi connectivity index (χ3v) is 4.19. The molecule has 0 atom stereocenters. The van der Waals surface area contributed by atoms with Crippen molar-refractivity contribution in [2.45, 2.75) is 25.4 Å². The van der Waals surface area contributed by atoms with Crippen LogP contribution in [-0.2, 0) is 11.2 Å². The predicted octanol–water partition coefficient (Wildman–Crippen LogP) is 5.17. The fourth-order valence-corrected chi connectivity index (χ4v) is 2.84. The Bertz CT molecular complexity index is 1010. The fourth-order valence-electron chi connectivity index (χ4n) is 2.84. The van der Waals surface area contributed by atoms with Crippen molar-refractivity contribution < 1.29 is 36.2 Å². The number of aromatic nitrogens is 1. The third-order valence-electron chi connectivity index (χ3n) is 4.19. The summed E-state index contributed by atoms with van der Waals surface area (Å²) in [4.78, 5) is 11.9. The average molecular weight is 432 g/mol. The molecule has 0 bridgehead atoms. The maximum absolute atomic E-state index is 14.1. The van der Waals surface area contributed by atoms with Gasteiger partial charge in [0, 0.05) is 17.1 Å². The normalized spacial score (nSPS) is 11.3. The Labute approximate surface area is 167 Å². The molecule has 0 fully saturated rings. The van der Waals surface area contributed by atoms with Gasteiger partial charge in [0.1, 0.15) is 17.5 Å².